The molecule has 0 saturated carbocycles. The van der Waals surface area contributed by atoms with Crippen LogP contribution in [0.2, 0.25) is 0 Å². The summed E-state index contributed by atoms with van der Waals surface area (Å²) in [6.07, 6.45) is 2.82. The Kier molecular flexibility index (Phi) is 3.57. The molecule has 6 heteroatoms. The van der Waals surface area contributed by atoms with Gasteiger partial charge in [-0.15, -0.1) is 0 Å². The number of aromatic amines is 2. The van der Waals surface area contributed by atoms with Gasteiger partial charge in [-0.2, -0.15) is 4.98 Å². The van der Waals surface area contributed by atoms with Crippen LogP contribution in [0.3, 0.4) is 0 Å². The number of nitrogens with one attached hydrogen (secondary N) is 2. The minimum absolute atomic E-state index is 0.00712. The van der Waals surface area contributed by atoms with Gasteiger partial charge in [-0.25, -0.2) is 0 Å². The first-order valence-corrected chi connectivity index (χ1v) is 10.3. The lowest BCUT2D eigenvalue weighted by Crippen LogP contribution is -2.47. The molecule has 148 valence electrons. The zero-order valence-corrected chi connectivity index (χ0v) is 18.1. The number of aromatic nitrogens is 4. The fraction of sp³-hybridized carbons (Fsp3) is 0.348. The van der Waals surface area contributed by atoms with Crippen molar-refractivity contribution in [1.29, 1.82) is 0 Å². The SMILES string of the molecule is Cc1c2n(cc(-c3nc(=S)[nH][nH]3)c1=O)C(C)(C)C(C)(C)C1=C2Cc2ccccc21. The number of nitrogens with zero attached hydrogens (tertiary/aromatic N) is 2. The van der Waals surface area contributed by atoms with Crippen molar-refractivity contribution < 1.29 is 0 Å². The fourth-order valence-corrected chi connectivity index (χ4v) is 5.15. The molecule has 2 N–H and O–H groups in total. The molecule has 1 aromatic carbocycles. The first-order chi connectivity index (χ1) is 13.6. The molecule has 5 nitrogen and oxygen atoms in total. The molecule has 0 radical (unpaired) electrons. The van der Waals surface area contributed by atoms with Crippen LogP contribution in [-0.2, 0) is 12.0 Å². The number of benzene rings is 1. The van der Waals surface area contributed by atoms with E-state index in [0.29, 0.717) is 16.2 Å². The summed E-state index contributed by atoms with van der Waals surface area (Å²) in [6, 6.07) is 8.62. The molecule has 0 saturated heterocycles. The van der Waals surface area contributed by atoms with Crippen molar-refractivity contribution in [1.82, 2.24) is 19.7 Å². The largest absolute Gasteiger partial charge is 0.340 e. The summed E-state index contributed by atoms with van der Waals surface area (Å²) >= 11 is 5.10. The van der Waals surface area contributed by atoms with Crippen molar-refractivity contribution in [2.24, 2.45) is 5.41 Å². The molecule has 0 spiro atoms. The second kappa shape index (κ2) is 5.66. The summed E-state index contributed by atoms with van der Waals surface area (Å²) in [5, 5.41) is 5.74. The standard InChI is InChI=1S/C23H24N4OS/c1-12-18-15-10-13-8-6-7-9-14(13)17(15)22(2,3)23(4,5)27(18)11-16(19(12)28)20-24-21(29)26-25-20/h6-9,11H,10H2,1-5H3,(H2,24,25,26,29). The van der Waals surface area contributed by atoms with E-state index in [4.69, 9.17) is 12.2 Å². The molecule has 29 heavy (non-hydrogen) atoms. The van der Waals surface area contributed by atoms with Gasteiger partial charge in [0.1, 0.15) is 0 Å². The molecule has 0 amide bonds. The Labute approximate surface area is 174 Å². The van der Waals surface area contributed by atoms with Crippen LogP contribution in [0, 0.1) is 17.1 Å². The number of pyridine rings is 1. The summed E-state index contributed by atoms with van der Waals surface area (Å²) in [5.41, 5.74) is 7.25. The zero-order valence-electron chi connectivity index (χ0n) is 17.3. The van der Waals surface area contributed by atoms with Gasteiger partial charge >= 0.3 is 0 Å². The molecule has 0 atom stereocenters. The third-order valence-corrected chi connectivity index (χ3v) is 7.39. The highest BCUT2D eigenvalue weighted by molar-refractivity contribution is 7.71. The lowest BCUT2D eigenvalue weighted by Gasteiger charge is -2.50. The van der Waals surface area contributed by atoms with Crippen molar-refractivity contribution >= 4 is 23.4 Å². The number of rotatable bonds is 1. The molecule has 0 bridgehead atoms. The predicted octanol–water partition coefficient (Wildman–Crippen LogP) is 4.85. The van der Waals surface area contributed by atoms with E-state index in [1.807, 2.05) is 13.1 Å². The zero-order chi connectivity index (χ0) is 20.7. The average molecular weight is 405 g/mol. The van der Waals surface area contributed by atoms with E-state index in [0.717, 1.165) is 17.7 Å². The van der Waals surface area contributed by atoms with E-state index in [1.165, 1.54) is 22.3 Å². The predicted molar refractivity (Wildman–Crippen MR) is 118 cm³/mol. The van der Waals surface area contributed by atoms with Crippen LogP contribution in [0.1, 0.15) is 50.1 Å². The van der Waals surface area contributed by atoms with Crippen LogP contribution in [0.15, 0.2) is 35.3 Å². The monoisotopic (exact) mass is 404 g/mol. The molecule has 1 aliphatic carbocycles. The number of allylic oxidation sites excluding steroid dienone is 2. The Morgan fingerprint density at radius 2 is 1.83 bits per heavy atom. The van der Waals surface area contributed by atoms with Crippen LogP contribution in [-0.4, -0.2) is 19.7 Å². The van der Waals surface area contributed by atoms with E-state index >= 15 is 0 Å². The first kappa shape index (κ1) is 18.3. The highest BCUT2D eigenvalue weighted by Gasteiger charge is 2.50. The normalized spacial score (nSPS) is 18.4. The number of hydrogen-bond acceptors (Lipinski definition) is 3. The molecule has 0 unspecified atom stereocenters. The summed E-state index contributed by atoms with van der Waals surface area (Å²) in [6.45, 7) is 11.1. The molecule has 3 heterocycles. The van der Waals surface area contributed by atoms with Gasteiger partial charge in [0.25, 0.3) is 0 Å². The average Bonchev–Trinajstić information content (AvgIpc) is 3.26. The third-order valence-electron chi connectivity index (χ3n) is 7.19. The van der Waals surface area contributed by atoms with Gasteiger partial charge in [0.05, 0.1) is 11.3 Å². The van der Waals surface area contributed by atoms with Gasteiger partial charge in [-0.05, 0) is 55.3 Å². The van der Waals surface area contributed by atoms with E-state index in [1.54, 1.807) is 0 Å². The van der Waals surface area contributed by atoms with Crippen LogP contribution in [0.5, 0.6) is 0 Å². The summed E-state index contributed by atoms with van der Waals surface area (Å²) in [7, 11) is 0. The van der Waals surface area contributed by atoms with E-state index in [2.05, 4.69) is 71.7 Å². The minimum Gasteiger partial charge on any atom is -0.340 e. The maximum atomic E-state index is 13.3. The van der Waals surface area contributed by atoms with E-state index in [9.17, 15) is 4.79 Å². The molecule has 2 aliphatic rings. The van der Waals surface area contributed by atoms with E-state index in [-0.39, 0.29) is 16.4 Å². The summed E-state index contributed by atoms with van der Waals surface area (Å²) in [4.78, 5) is 17.6. The topological polar surface area (TPSA) is 66.5 Å². The molecule has 1 aliphatic heterocycles. The van der Waals surface area contributed by atoms with Gasteiger partial charge < -0.3 is 4.57 Å². The minimum atomic E-state index is -0.251. The fourth-order valence-electron chi connectivity index (χ4n) is 5.00. The molecule has 3 aromatic rings. The Hall–Kier alpha value is -2.73. The van der Waals surface area contributed by atoms with Crippen molar-refractivity contribution in [2.45, 2.75) is 46.6 Å². The van der Waals surface area contributed by atoms with Crippen molar-refractivity contribution in [3.8, 4) is 11.4 Å². The highest BCUT2D eigenvalue weighted by Crippen LogP contribution is 2.58. The Morgan fingerprint density at radius 1 is 1.10 bits per heavy atom. The van der Waals surface area contributed by atoms with E-state index < -0.39 is 0 Å². The van der Waals surface area contributed by atoms with Crippen LogP contribution >= 0.6 is 12.2 Å². The molecule has 5 rings (SSSR count). The van der Waals surface area contributed by atoms with Gasteiger partial charge in [0.2, 0.25) is 4.77 Å². The highest BCUT2D eigenvalue weighted by atomic mass is 32.1. The van der Waals surface area contributed by atoms with Gasteiger partial charge in [-0.1, -0.05) is 38.1 Å². The van der Waals surface area contributed by atoms with Gasteiger partial charge in [0.15, 0.2) is 11.3 Å². The third kappa shape index (κ3) is 2.23. The summed E-state index contributed by atoms with van der Waals surface area (Å²) < 4.78 is 2.63. The van der Waals surface area contributed by atoms with Crippen molar-refractivity contribution in [3.05, 3.63) is 67.8 Å². The number of fused-ring (bicyclic) bond motifs is 4. The maximum absolute atomic E-state index is 13.3. The molecule has 0 fully saturated rings. The smallest absolute Gasteiger partial charge is 0.213 e. The number of hydrogen-bond donors (Lipinski definition) is 2. The van der Waals surface area contributed by atoms with Gasteiger partial charge in [0, 0.05) is 29.1 Å². The Morgan fingerprint density at radius 3 is 2.52 bits per heavy atom. The second-order valence-corrected chi connectivity index (χ2v) is 9.49. The molecular formula is C23H24N4OS. The molecular weight excluding hydrogens is 380 g/mol. The lowest BCUT2D eigenvalue weighted by atomic mass is 9.64. The quantitative estimate of drug-likeness (QED) is 0.570. The molecule has 2 aromatic heterocycles. The lowest BCUT2D eigenvalue weighted by molar-refractivity contribution is 0.175. The van der Waals surface area contributed by atoms with Crippen LogP contribution < -0.4 is 5.43 Å². The van der Waals surface area contributed by atoms with Crippen LogP contribution in [0.4, 0.5) is 0 Å². The van der Waals surface area contributed by atoms with Crippen LogP contribution in [0.25, 0.3) is 22.5 Å². The van der Waals surface area contributed by atoms with Crippen molar-refractivity contribution in [3.63, 3.8) is 0 Å². The summed E-state index contributed by atoms with van der Waals surface area (Å²) in [5.74, 6) is 0.487. The Bertz CT molecular complexity index is 1330. The maximum Gasteiger partial charge on any atom is 0.213 e. The van der Waals surface area contributed by atoms with Gasteiger partial charge in [-0.3, -0.25) is 15.0 Å². The Balaban J connectivity index is 1.88. The second-order valence-electron chi connectivity index (χ2n) is 9.10. The van der Waals surface area contributed by atoms with Crippen molar-refractivity contribution in [2.75, 3.05) is 0 Å². The first-order valence-electron chi connectivity index (χ1n) is 9.88. The number of H-pyrrole nitrogens is 2.